The van der Waals surface area contributed by atoms with Crippen LogP contribution in [0.4, 0.5) is 10.5 Å². The number of urea groups is 1. The molecule has 0 atom stereocenters. The molecular formula is C28H34N4O4S. The summed E-state index contributed by atoms with van der Waals surface area (Å²) in [4.78, 5) is 29.3. The van der Waals surface area contributed by atoms with E-state index in [1.807, 2.05) is 45.0 Å². The smallest absolute Gasteiger partial charge is 0.319 e. The lowest BCUT2D eigenvalue weighted by Crippen LogP contribution is -2.50. The van der Waals surface area contributed by atoms with Gasteiger partial charge in [0.1, 0.15) is 0 Å². The predicted molar refractivity (Wildman–Crippen MR) is 146 cm³/mol. The second kappa shape index (κ2) is 11.3. The number of carbonyl (C=O) groups excluding carboxylic acids is 2. The van der Waals surface area contributed by atoms with Gasteiger partial charge in [-0.3, -0.25) is 4.79 Å². The largest absolute Gasteiger partial charge is 0.325 e. The van der Waals surface area contributed by atoms with E-state index in [2.05, 4.69) is 10.0 Å². The molecule has 2 N–H and O–H groups in total. The van der Waals surface area contributed by atoms with Gasteiger partial charge in [0.15, 0.2) is 0 Å². The molecule has 3 aromatic carbocycles. The summed E-state index contributed by atoms with van der Waals surface area (Å²) in [5.74, 6) is -0.247. The molecule has 0 aromatic heterocycles. The molecule has 37 heavy (non-hydrogen) atoms. The van der Waals surface area contributed by atoms with Gasteiger partial charge in [-0.1, -0.05) is 42.5 Å². The number of benzene rings is 3. The lowest BCUT2D eigenvalue weighted by atomic mass is 10.1. The van der Waals surface area contributed by atoms with Gasteiger partial charge in [0.2, 0.25) is 10.0 Å². The van der Waals surface area contributed by atoms with Crippen LogP contribution < -0.4 is 10.0 Å². The summed E-state index contributed by atoms with van der Waals surface area (Å²) >= 11 is 0. The van der Waals surface area contributed by atoms with Gasteiger partial charge >= 0.3 is 6.03 Å². The molecular weight excluding hydrogens is 488 g/mol. The Kier molecular flexibility index (Phi) is 8.14. The maximum absolute atomic E-state index is 13.4. The number of amides is 3. The van der Waals surface area contributed by atoms with Crippen molar-refractivity contribution in [3.05, 3.63) is 71.8 Å². The fraction of sp³-hybridized carbons (Fsp3) is 0.357. The van der Waals surface area contributed by atoms with E-state index < -0.39 is 10.0 Å². The van der Waals surface area contributed by atoms with Crippen molar-refractivity contribution >= 4 is 38.4 Å². The van der Waals surface area contributed by atoms with Gasteiger partial charge in [0.05, 0.1) is 4.90 Å². The molecule has 0 bridgehead atoms. The van der Waals surface area contributed by atoms with E-state index in [0.29, 0.717) is 61.0 Å². The van der Waals surface area contributed by atoms with Gasteiger partial charge in [0, 0.05) is 54.2 Å². The first-order valence-electron chi connectivity index (χ1n) is 12.7. The summed E-state index contributed by atoms with van der Waals surface area (Å²) in [6.45, 7) is 8.09. The third kappa shape index (κ3) is 5.78. The van der Waals surface area contributed by atoms with Gasteiger partial charge in [-0.25, -0.2) is 17.9 Å². The molecule has 1 heterocycles. The fourth-order valence-electron chi connectivity index (χ4n) is 4.80. The first-order valence-corrected chi connectivity index (χ1v) is 14.2. The van der Waals surface area contributed by atoms with E-state index in [1.165, 1.54) is 6.07 Å². The van der Waals surface area contributed by atoms with Crippen LogP contribution >= 0.6 is 0 Å². The van der Waals surface area contributed by atoms with Crippen LogP contribution in [-0.4, -0.2) is 62.4 Å². The molecule has 0 spiro atoms. The second-order valence-corrected chi connectivity index (χ2v) is 10.9. The Hall–Kier alpha value is -3.43. The monoisotopic (exact) mass is 522 g/mol. The molecule has 0 radical (unpaired) electrons. The van der Waals surface area contributed by atoms with Crippen LogP contribution in [0.5, 0.6) is 0 Å². The number of fused-ring (bicyclic) bond motifs is 1. The predicted octanol–water partition coefficient (Wildman–Crippen LogP) is 4.61. The standard InChI is InChI=1S/C28H34N4O4S/c1-4-31(5-2)28(34)32-18-16-21(17-19-32)30-37(35,36)26-15-14-25(23-12-8-9-13-24(23)26)29-27(33)22-11-7-6-10-20(22)3/h6-15,21,30H,4-5,16-19H2,1-3H3,(H,29,33). The van der Waals surface area contributed by atoms with E-state index in [4.69, 9.17) is 0 Å². The van der Waals surface area contributed by atoms with Crippen LogP contribution in [0.1, 0.15) is 42.6 Å². The highest BCUT2D eigenvalue weighted by Crippen LogP contribution is 2.30. The highest BCUT2D eigenvalue weighted by molar-refractivity contribution is 7.89. The molecule has 3 aromatic rings. The SMILES string of the molecule is CCN(CC)C(=O)N1CCC(NS(=O)(=O)c2ccc(NC(=O)c3ccccc3C)c3ccccc23)CC1. The Balaban J connectivity index is 1.52. The average Bonchev–Trinajstić information content (AvgIpc) is 2.89. The van der Waals surface area contributed by atoms with E-state index in [1.54, 1.807) is 40.1 Å². The van der Waals surface area contributed by atoms with Crippen molar-refractivity contribution in [1.82, 2.24) is 14.5 Å². The number of aryl methyl sites for hydroxylation is 1. The fourth-order valence-corrected chi connectivity index (χ4v) is 6.31. The van der Waals surface area contributed by atoms with Crippen molar-refractivity contribution in [2.24, 2.45) is 0 Å². The molecule has 1 aliphatic rings. The van der Waals surface area contributed by atoms with Crippen LogP contribution in [0.15, 0.2) is 65.6 Å². The van der Waals surface area contributed by atoms with E-state index in [9.17, 15) is 18.0 Å². The Morgan fingerprint density at radius 1 is 0.919 bits per heavy atom. The molecule has 8 nitrogen and oxygen atoms in total. The van der Waals surface area contributed by atoms with Crippen molar-refractivity contribution in [3.8, 4) is 0 Å². The molecule has 196 valence electrons. The summed E-state index contributed by atoms with van der Waals surface area (Å²) in [6, 6.07) is 17.4. The van der Waals surface area contributed by atoms with Gasteiger partial charge in [-0.15, -0.1) is 0 Å². The Morgan fingerprint density at radius 3 is 2.19 bits per heavy atom. The third-order valence-electron chi connectivity index (χ3n) is 6.93. The van der Waals surface area contributed by atoms with E-state index in [0.717, 1.165) is 5.56 Å². The summed E-state index contributed by atoms with van der Waals surface area (Å²) in [5, 5.41) is 4.12. The van der Waals surface area contributed by atoms with Gasteiger partial charge in [0.25, 0.3) is 5.91 Å². The number of rotatable bonds is 7. The summed E-state index contributed by atoms with van der Waals surface area (Å²) in [5.41, 5.74) is 1.97. The molecule has 4 rings (SSSR count). The molecule has 1 fully saturated rings. The molecule has 9 heteroatoms. The zero-order valence-electron chi connectivity index (χ0n) is 21.5. The van der Waals surface area contributed by atoms with E-state index >= 15 is 0 Å². The molecule has 0 unspecified atom stereocenters. The molecule has 1 saturated heterocycles. The van der Waals surface area contributed by atoms with Crippen LogP contribution in [0.3, 0.4) is 0 Å². The number of piperidine rings is 1. The van der Waals surface area contributed by atoms with Crippen LogP contribution in [0, 0.1) is 6.92 Å². The zero-order chi connectivity index (χ0) is 26.6. The topological polar surface area (TPSA) is 98.8 Å². The van der Waals surface area contributed by atoms with Crippen molar-refractivity contribution < 1.29 is 18.0 Å². The number of nitrogens with one attached hydrogen (secondary N) is 2. The average molecular weight is 523 g/mol. The van der Waals surface area contributed by atoms with Gasteiger partial charge in [-0.2, -0.15) is 0 Å². The minimum absolute atomic E-state index is 0.000587. The highest BCUT2D eigenvalue weighted by atomic mass is 32.2. The Bertz CT molecular complexity index is 1390. The second-order valence-electron chi connectivity index (χ2n) is 9.26. The molecule has 0 saturated carbocycles. The minimum Gasteiger partial charge on any atom is -0.325 e. The minimum atomic E-state index is -3.83. The summed E-state index contributed by atoms with van der Waals surface area (Å²) < 4.78 is 29.7. The first-order chi connectivity index (χ1) is 17.7. The Morgan fingerprint density at radius 2 is 1.54 bits per heavy atom. The third-order valence-corrected chi connectivity index (χ3v) is 8.51. The van der Waals surface area contributed by atoms with Gasteiger partial charge in [-0.05, 0) is 57.4 Å². The number of sulfonamides is 1. The number of nitrogens with zero attached hydrogens (tertiary/aromatic N) is 2. The van der Waals surface area contributed by atoms with Crippen LogP contribution in [0.25, 0.3) is 10.8 Å². The Labute approximate surface area is 218 Å². The maximum Gasteiger partial charge on any atom is 0.319 e. The number of anilines is 1. The molecule has 0 aliphatic carbocycles. The van der Waals surface area contributed by atoms with E-state index in [-0.39, 0.29) is 22.9 Å². The molecule has 1 aliphatic heterocycles. The number of likely N-dealkylation sites (tertiary alicyclic amines) is 1. The first kappa shape index (κ1) is 26.6. The lowest BCUT2D eigenvalue weighted by Gasteiger charge is -2.35. The van der Waals surface area contributed by atoms with Gasteiger partial charge < -0.3 is 15.1 Å². The molecule has 3 amide bonds. The van der Waals surface area contributed by atoms with Crippen molar-refractivity contribution in [1.29, 1.82) is 0 Å². The van der Waals surface area contributed by atoms with Crippen molar-refractivity contribution in [2.45, 2.75) is 44.6 Å². The summed E-state index contributed by atoms with van der Waals surface area (Å²) in [6.07, 6.45) is 1.10. The van der Waals surface area contributed by atoms with Crippen LogP contribution in [0.2, 0.25) is 0 Å². The number of carbonyl (C=O) groups is 2. The number of hydrogen-bond donors (Lipinski definition) is 2. The van der Waals surface area contributed by atoms with Crippen molar-refractivity contribution in [2.75, 3.05) is 31.5 Å². The number of hydrogen-bond acceptors (Lipinski definition) is 4. The quantitative estimate of drug-likeness (QED) is 0.474. The van der Waals surface area contributed by atoms with Crippen molar-refractivity contribution in [3.63, 3.8) is 0 Å². The van der Waals surface area contributed by atoms with Crippen LogP contribution in [-0.2, 0) is 10.0 Å². The maximum atomic E-state index is 13.4. The zero-order valence-corrected chi connectivity index (χ0v) is 22.3. The lowest BCUT2D eigenvalue weighted by molar-refractivity contribution is 0.102. The highest BCUT2D eigenvalue weighted by Gasteiger charge is 2.29. The summed E-state index contributed by atoms with van der Waals surface area (Å²) in [7, 11) is -3.83. The normalized spacial score (nSPS) is 14.5.